The second kappa shape index (κ2) is 8.28. The molecule has 1 unspecified atom stereocenters. The van der Waals surface area contributed by atoms with Crippen LogP contribution in [0.2, 0.25) is 0 Å². The summed E-state index contributed by atoms with van der Waals surface area (Å²) in [6, 6.07) is 2.72. The first-order chi connectivity index (χ1) is 10.4. The van der Waals surface area contributed by atoms with E-state index in [9.17, 15) is 12.8 Å². The molecule has 0 saturated carbocycles. The van der Waals surface area contributed by atoms with E-state index in [4.69, 9.17) is 4.74 Å². The van der Waals surface area contributed by atoms with Gasteiger partial charge in [-0.3, -0.25) is 0 Å². The molecule has 0 bridgehead atoms. The fourth-order valence-electron chi connectivity index (χ4n) is 2.81. The summed E-state index contributed by atoms with van der Waals surface area (Å²) >= 11 is 0. The van der Waals surface area contributed by atoms with Gasteiger partial charge in [0.25, 0.3) is 0 Å². The molecular formula is C15H24ClFN2O3S. The summed E-state index contributed by atoms with van der Waals surface area (Å²) < 4.78 is 46.6. The van der Waals surface area contributed by atoms with Crippen LogP contribution in [0, 0.1) is 12.7 Å². The Hall–Kier alpha value is -0.890. The van der Waals surface area contributed by atoms with E-state index in [-0.39, 0.29) is 34.7 Å². The summed E-state index contributed by atoms with van der Waals surface area (Å²) in [6.45, 7) is 5.28. The molecule has 8 heteroatoms. The maximum absolute atomic E-state index is 14.2. The van der Waals surface area contributed by atoms with Crippen LogP contribution in [0.5, 0.6) is 5.75 Å². The van der Waals surface area contributed by atoms with Crippen molar-refractivity contribution >= 4 is 22.4 Å². The number of halogens is 2. The Kier molecular flexibility index (Phi) is 7.26. The summed E-state index contributed by atoms with van der Waals surface area (Å²) in [6.07, 6.45) is 1.49. The minimum Gasteiger partial charge on any atom is -0.494 e. The van der Waals surface area contributed by atoms with Crippen LogP contribution in [0.4, 0.5) is 4.39 Å². The number of nitrogens with one attached hydrogen (secondary N) is 1. The maximum Gasteiger partial charge on any atom is 0.243 e. The topological polar surface area (TPSA) is 58.6 Å². The summed E-state index contributed by atoms with van der Waals surface area (Å²) in [7, 11) is -2.37. The molecule has 132 valence electrons. The van der Waals surface area contributed by atoms with Crippen LogP contribution < -0.4 is 10.1 Å². The molecular weight excluding hydrogens is 343 g/mol. The Morgan fingerprint density at radius 3 is 2.65 bits per heavy atom. The maximum atomic E-state index is 14.2. The third kappa shape index (κ3) is 3.96. The molecule has 1 N–H and O–H groups in total. The molecule has 5 nitrogen and oxygen atoms in total. The zero-order valence-corrected chi connectivity index (χ0v) is 15.3. The number of nitrogens with zero attached hydrogens (tertiary/aromatic N) is 1. The fourth-order valence-corrected chi connectivity index (χ4v) is 4.78. The average Bonchev–Trinajstić information content (AvgIpc) is 3.00. The first-order valence-corrected chi connectivity index (χ1v) is 8.93. The highest BCUT2D eigenvalue weighted by molar-refractivity contribution is 7.89. The van der Waals surface area contributed by atoms with Crippen molar-refractivity contribution in [2.45, 2.75) is 37.6 Å². The molecule has 1 aliphatic rings. The summed E-state index contributed by atoms with van der Waals surface area (Å²) in [5.74, 6) is -0.564. The quantitative estimate of drug-likeness (QED) is 0.839. The standard InChI is InChI=1S/C15H23FN2O3S.ClH/c1-4-9-18(12-7-8-17-10-12)22(19,20)14-6-5-13(21-3)15(16)11(14)2;/h5-6,12,17H,4,7-10H2,1-3H3;1H. The van der Waals surface area contributed by atoms with Crippen molar-refractivity contribution in [2.24, 2.45) is 0 Å². The molecule has 1 atom stereocenters. The number of hydrogen-bond acceptors (Lipinski definition) is 4. The normalized spacial score (nSPS) is 18.0. The van der Waals surface area contributed by atoms with Crippen molar-refractivity contribution < 1.29 is 17.5 Å². The molecule has 0 amide bonds. The summed E-state index contributed by atoms with van der Waals surface area (Å²) in [5.41, 5.74) is 0.103. The first-order valence-electron chi connectivity index (χ1n) is 7.49. The van der Waals surface area contributed by atoms with E-state index in [2.05, 4.69) is 5.32 Å². The van der Waals surface area contributed by atoms with Crippen LogP contribution in [0.25, 0.3) is 0 Å². The van der Waals surface area contributed by atoms with E-state index in [1.165, 1.54) is 30.5 Å². The van der Waals surface area contributed by atoms with Crippen LogP contribution in [0.15, 0.2) is 17.0 Å². The SMILES string of the molecule is CCCN(C1CCNC1)S(=O)(=O)c1ccc(OC)c(F)c1C.Cl. The number of hydrogen-bond donors (Lipinski definition) is 1. The second-order valence-electron chi connectivity index (χ2n) is 5.47. The number of benzene rings is 1. The van der Waals surface area contributed by atoms with Crippen LogP contribution in [0.3, 0.4) is 0 Å². The van der Waals surface area contributed by atoms with Crippen molar-refractivity contribution in [3.63, 3.8) is 0 Å². The van der Waals surface area contributed by atoms with Crippen molar-refractivity contribution in [2.75, 3.05) is 26.7 Å². The van der Waals surface area contributed by atoms with Gasteiger partial charge in [0.1, 0.15) is 0 Å². The van der Waals surface area contributed by atoms with Gasteiger partial charge in [-0.15, -0.1) is 12.4 Å². The van der Waals surface area contributed by atoms with Gasteiger partial charge in [-0.2, -0.15) is 4.31 Å². The van der Waals surface area contributed by atoms with Crippen LogP contribution >= 0.6 is 12.4 Å². The highest BCUT2D eigenvalue weighted by atomic mass is 35.5. The lowest BCUT2D eigenvalue weighted by molar-refractivity contribution is 0.334. The first kappa shape index (κ1) is 20.2. The Morgan fingerprint density at radius 2 is 2.13 bits per heavy atom. The van der Waals surface area contributed by atoms with Crippen molar-refractivity contribution in [1.82, 2.24) is 9.62 Å². The van der Waals surface area contributed by atoms with E-state index in [0.717, 1.165) is 13.0 Å². The zero-order valence-electron chi connectivity index (χ0n) is 13.6. The fraction of sp³-hybridized carbons (Fsp3) is 0.600. The number of rotatable bonds is 6. The van der Waals surface area contributed by atoms with Gasteiger partial charge < -0.3 is 10.1 Å². The Balaban J connectivity index is 0.00000264. The highest BCUT2D eigenvalue weighted by Gasteiger charge is 2.34. The van der Waals surface area contributed by atoms with Crippen LogP contribution in [-0.4, -0.2) is 45.5 Å². The minimum atomic E-state index is -3.73. The van der Waals surface area contributed by atoms with Gasteiger partial charge in [0.15, 0.2) is 11.6 Å². The second-order valence-corrected chi connectivity index (χ2v) is 7.33. The molecule has 1 aliphatic heterocycles. The molecule has 1 aromatic carbocycles. The lowest BCUT2D eigenvalue weighted by Gasteiger charge is -2.28. The third-order valence-electron chi connectivity index (χ3n) is 3.99. The van der Waals surface area contributed by atoms with E-state index in [1.54, 1.807) is 0 Å². The highest BCUT2D eigenvalue weighted by Crippen LogP contribution is 2.29. The van der Waals surface area contributed by atoms with Gasteiger partial charge >= 0.3 is 0 Å². The number of methoxy groups -OCH3 is 1. The van der Waals surface area contributed by atoms with Gasteiger partial charge in [0.05, 0.1) is 12.0 Å². The van der Waals surface area contributed by atoms with Crippen LogP contribution in [-0.2, 0) is 10.0 Å². The van der Waals surface area contributed by atoms with Gasteiger partial charge in [-0.25, -0.2) is 12.8 Å². The zero-order chi connectivity index (χ0) is 16.3. The molecule has 1 heterocycles. The van der Waals surface area contributed by atoms with Crippen molar-refractivity contribution in [3.8, 4) is 5.75 Å². The van der Waals surface area contributed by atoms with E-state index < -0.39 is 15.8 Å². The van der Waals surface area contributed by atoms with Crippen molar-refractivity contribution in [3.05, 3.63) is 23.5 Å². The lowest BCUT2D eigenvalue weighted by atomic mass is 10.2. The predicted molar refractivity (Wildman–Crippen MR) is 90.4 cm³/mol. The smallest absolute Gasteiger partial charge is 0.243 e. The average molecular weight is 367 g/mol. The molecule has 23 heavy (non-hydrogen) atoms. The summed E-state index contributed by atoms with van der Waals surface area (Å²) in [5, 5.41) is 3.18. The lowest BCUT2D eigenvalue weighted by Crippen LogP contribution is -2.42. The van der Waals surface area contributed by atoms with Gasteiger partial charge in [-0.1, -0.05) is 6.92 Å². The van der Waals surface area contributed by atoms with Gasteiger partial charge in [-0.05, 0) is 38.4 Å². The third-order valence-corrected chi connectivity index (χ3v) is 6.09. The number of sulfonamides is 1. The Bertz CT molecular complexity index is 634. The molecule has 0 spiro atoms. The van der Waals surface area contributed by atoms with Crippen LogP contribution in [0.1, 0.15) is 25.3 Å². The van der Waals surface area contributed by atoms with E-state index in [0.29, 0.717) is 19.5 Å². The number of ether oxygens (including phenoxy) is 1. The molecule has 0 aliphatic carbocycles. The van der Waals surface area contributed by atoms with E-state index in [1.807, 2.05) is 6.92 Å². The Labute approximate surface area is 143 Å². The van der Waals surface area contributed by atoms with Crippen molar-refractivity contribution in [1.29, 1.82) is 0 Å². The summed E-state index contributed by atoms with van der Waals surface area (Å²) in [4.78, 5) is 0.0196. The largest absolute Gasteiger partial charge is 0.494 e. The molecule has 1 fully saturated rings. The van der Waals surface area contributed by atoms with E-state index >= 15 is 0 Å². The monoisotopic (exact) mass is 366 g/mol. The minimum absolute atomic E-state index is 0. The predicted octanol–water partition coefficient (Wildman–Crippen LogP) is 2.33. The molecule has 0 radical (unpaired) electrons. The molecule has 0 aromatic heterocycles. The molecule has 2 rings (SSSR count). The molecule has 1 aromatic rings. The van der Waals surface area contributed by atoms with Gasteiger partial charge in [0, 0.05) is 24.7 Å². The Morgan fingerprint density at radius 1 is 1.43 bits per heavy atom. The molecule has 1 saturated heterocycles. The van der Waals surface area contributed by atoms with Gasteiger partial charge in [0.2, 0.25) is 10.0 Å².